The fraction of sp³-hybridized carbons (Fsp3) is 0.462. The minimum Gasteiger partial charge on any atom is -0.353 e. The summed E-state index contributed by atoms with van der Waals surface area (Å²) in [4.78, 5) is 22.2. The topological polar surface area (TPSA) is 66.8 Å². The van der Waals surface area contributed by atoms with E-state index in [0.29, 0.717) is 5.92 Å². The quantitative estimate of drug-likeness (QED) is 0.678. The molecule has 0 unspecified atom stereocenters. The second-order valence-electron chi connectivity index (χ2n) is 9.65. The van der Waals surface area contributed by atoms with E-state index in [1.54, 1.807) is 5.57 Å². The van der Waals surface area contributed by atoms with Crippen molar-refractivity contribution in [3.8, 4) is 11.4 Å². The molecule has 0 bridgehead atoms. The third-order valence-corrected chi connectivity index (χ3v) is 7.59. The van der Waals surface area contributed by atoms with Crippen LogP contribution < -0.4 is 10.2 Å². The summed E-state index contributed by atoms with van der Waals surface area (Å²) in [6.07, 6.45) is 14.4. The molecule has 162 valence electrons. The lowest BCUT2D eigenvalue weighted by atomic mass is 9.90. The van der Waals surface area contributed by atoms with E-state index in [4.69, 9.17) is 15.0 Å². The smallest absolute Gasteiger partial charge is 0.162 e. The van der Waals surface area contributed by atoms with Crippen LogP contribution in [0.15, 0.2) is 30.2 Å². The maximum absolute atomic E-state index is 5.29. The molecule has 1 saturated carbocycles. The number of anilines is 1. The standard InChI is InChI=1S/C26H28N6/c1-2-4-18-17(3-1)13-21-23(18)19(7-8-29-21)25-30-22-15-28-14-20(16-5-6-16)24(22)26(31-25)32-11-9-27-10-12-32/h7-8,14-16,27H,1-6,9-13H2. The summed E-state index contributed by atoms with van der Waals surface area (Å²) in [6.45, 7) is 3.93. The van der Waals surface area contributed by atoms with E-state index < -0.39 is 0 Å². The van der Waals surface area contributed by atoms with E-state index in [2.05, 4.69) is 27.5 Å². The molecular weight excluding hydrogens is 396 g/mol. The summed E-state index contributed by atoms with van der Waals surface area (Å²) in [5.74, 6) is 2.54. The molecule has 32 heavy (non-hydrogen) atoms. The van der Waals surface area contributed by atoms with E-state index in [1.165, 1.54) is 59.9 Å². The molecule has 0 aromatic carbocycles. The number of nitrogens with zero attached hydrogens (tertiary/aromatic N) is 5. The molecule has 0 amide bonds. The molecule has 2 fully saturated rings. The van der Waals surface area contributed by atoms with Gasteiger partial charge in [-0.3, -0.25) is 9.97 Å². The molecule has 1 N–H and O–H groups in total. The lowest BCUT2D eigenvalue weighted by molar-refractivity contribution is 0.586. The molecule has 1 aliphatic heterocycles. The van der Waals surface area contributed by atoms with Crippen LogP contribution in [0.5, 0.6) is 0 Å². The van der Waals surface area contributed by atoms with Crippen molar-refractivity contribution >= 4 is 22.3 Å². The predicted octanol–water partition coefficient (Wildman–Crippen LogP) is 4.26. The van der Waals surface area contributed by atoms with Crippen LogP contribution in [0.2, 0.25) is 0 Å². The van der Waals surface area contributed by atoms with Crippen molar-refractivity contribution in [2.24, 2.45) is 0 Å². The van der Waals surface area contributed by atoms with Gasteiger partial charge in [0.25, 0.3) is 0 Å². The zero-order valence-electron chi connectivity index (χ0n) is 18.4. The number of aromatic nitrogens is 4. The van der Waals surface area contributed by atoms with Crippen molar-refractivity contribution < 1.29 is 0 Å². The number of hydrogen-bond donors (Lipinski definition) is 1. The van der Waals surface area contributed by atoms with Crippen LogP contribution in [0.25, 0.3) is 27.9 Å². The van der Waals surface area contributed by atoms with Crippen molar-refractivity contribution in [2.75, 3.05) is 31.1 Å². The van der Waals surface area contributed by atoms with Gasteiger partial charge < -0.3 is 10.2 Å². The number of rotatable bonds is 3. The molecule has 6 heteroatoms. The Morgan fingerprint density at radius 1 is 1.00 bits per heavy atom. The molecule has 0 spiro atoms. The van der Waals surface area contributed by atoms with Crippen LogP contribution >= 0.6 is 0 Å². The molecule has 0 radical (unpaired) electrons. The van der Waals surface area contributed by atoms with Crippen LogP contribution in [0.4, 0.5) is 5.82 Å². The number of pyridine rings is 2. The zero-order chi connectivity index (χ0) is 21.1. The zero-order valence-corrected chi connectivity index (χ0v) is 18.4. The lowest BCUT2D eigenvalue weighted by Gasteiger charge is -2.30. The fourth-order valence-electron chi connectivity index (χ4n) is 5.85. The minimum atomic E-state index is 0.613. The third kappa shape index (κ3) is 2.96. The van der Waals surface area contributed by atoms with Gasteiger partial charge in [0.1, 0.15) is 5.82 Å². The number of fused-ring (bicyclic) bond motifs is 3. The molecule has 4 aliphatic rings. The highest BCUT2D eigenvalue weighted by Gasteiger charge is 2.31. The Balaban J connectivity index is 1.45. The van der Waals surface area contributed by atoms with Gasteiger partial charge in [0, 0.05) is 61.5 Å². The van der Waals surface area contributed by atoms with Crippen molar-refractivity contribution in [3.63, 3.8) is 0 Å². The first kappa shape index (κ1) is 18.7. The van der Waals surface area contributed by atoms with Crippen molar-refractivity contribution in [1.82, 2.24) is 25.3 Å². The van der Waals surface area contributed by atoms with E-state index >= 15 is 0 Å². The lowest BCUT2D eigenvalue weighted by Crippen LogP contribution is -2.44. The number of piperazine rings is 1. The van der Waals surface area contributed by atoms with Crippen molar-refractivity contribution in [3.05, 3.63) is 47.1 Å². The highest BCUT2D eigenvalue weighted by atomic mass is 15.2. The van der Waals surface area contributed by atoms with Gasteiger partial charge in [0.05, 0.1) is 17.4 Å². The van der Waals surface area contributed by atoms with Gasteiger partial charge in [0.2, 0.25) is 0 Å². The number of allylic oxidation sites excluding steroid dienone is 2. The van der Waals surface area contributed by atoms with Gasteiger partial charge in [-0.25, -0.2) is 9.97 Å². The van der Waals surface area contributed by atoms with Crippen LogP contribution in [0.3, 0.4) is 0 Å². The highest BCUT2D eigenvalue weighted by molar-refractivity contribution is 5.95. The molecule has 1 saturated heterocycles. The summed E-state index contributed by atoms with van der Waals surface area (Å²) in [7, 11) is 0. The summed E-state index contributed by atoms with van der Waals surface area (Å²) < 4.78 is 0. The van der Waals surface area contributed by atoms with Crippen molar-refractivity contribution in [1.29, 1.82) is 0 Å². The first-order valence-corrected chi connectivity index (χ1v) is 12.2. The molecule has 3 aliphatic carbocycles. The molecule has 4 heterocycles. The van der Waals surface area contributed by atoms with Crippen LogP contribution in [-0.4, -0.2) is 46.1 Å². The second-order valence-corrected chi connectivity index (χ2v) is 9.65. The molecule has 7 rings (SSSR count). The van der Waals surface area contributed by atoms with Gasteiger partial charge in [-0.05, 0) is 61.6 Å². The summed E-state index contributed by atoms with van der Waals surface area (Å²) in [5, 5.41) is 4.70. The van der Waals surface area contributed by atoms with E-state index in [9.17, 15) is 0 Å². The Kier molecular flexibility index (Phi) is 4.29. The Hall–Kier alpha value is -2.86. The molecule has 3 aromatic heterocycles. The van der Waals surface area contributed by atoms with Gasteiger partial charge in [-0.2, -0.15) is 0 Å². The van der Waals surface area contributed by atoms with Crippen LogP contribution in [0, 0.1) is 0 Å². The summed E-state index contributed by atoms with van der Waals surface area (Å²) in [6, 6.07) is 2.13. The Labute approximate surface area is 188 Å². The van der Waals surface area contributed by atoms with Crippen LogP contribution in [0.1, 0.15) is 61.3 Å². The summed E-state index contributed by atoms with van der Waals surface area (Å²) in [5.41, 5.74) is 9.11. The highest BCUT2D eigenvalue weighted by Crippen LogP contribution is 2.47. The largest absolute Gasteiger partial charge is 0.353 e. The first-order chi connectivity index (χ1) is 15.9. The second kappa shape index (κ2) is 7.34. The normalized spacial score (nSPS) is 20.6. The summed E-state index contributed by atoms with van der Waals surface area (Å²) >= 11 is 0. The maximum Gasteiger partial charge on any atom is 0.162 e. The SMILES string of the molecule is c1cc(-c2nc(N3CCNCC3)c3c(C4CC4)cncc3n2)c2c(n1)CC1=C2CCCC1. The first-order valence-electron chi connectivity index (χ1n) is 12.2. The molecule has 6 nitrogen and oxygen atoms in total. The molecule has 3 aromatic rings. The fourth-order valence-corrected chi connectivity index (χ4v) is 5.85. The Morgan fingerprint density at radius 2 is 1.88 bits per heavy atom. The Bertz CT molecular complexity index is 1250. The van der Waals surface area contributed by atoms with E-state index in [1.807, 2.05) is 12.4 Å². The monoisotopic (exact) mass is 424 g/mol. The minimum absolute atomic E-state index is 0.613. The number of hydrogen-bond acceptors (Lipinski definition) is 6. The average Bonchev–Trinajstić information content (AvgIpc) is 3.63. The third-order valence-electron chi connectivity index (χ3n) is 7.59. The van der Waals surface area contributed by atoms with Gasteiger partial charge in [-0.1, -0.05) is 5.57 Å². The van der Waals surface area contributed by atoms with Crippen LogP contribution in [-0.2, 0) is 6.42 Å². The maximum atomic E-state index is 5.29. The molecule has 0 atom stereocenters. The Morgan fingerprint density at radius 3 is 2.75 bits per heavy atom. The van der Waals surface area contributed by atoms with Gasteiger partial charge in [-0.15, -0.1) is 0 Å². The van der Waals surface area contributed by atoms with Gasteiger partial charge >= 0.3 is 0 Å². The van der Waals surface area contributed by atoms with Gasteiger partial charge in [0.15, 0.2) is 5.82 Å². The average molecular weight is 425 g/mol. The van der Waals surface area contributed by atoms with E-state index in [-0.39, 0.29) is 0 Å². The van der Waals surface area contributed by atoms with E-state index in [0.717, 1.165) is 61.7 Å². The number of nitrogens with one attached hydrogen (secondary N) is 1. The molecular formula is C26H28N6. The van der Waals surface area contributed by atoms with Crippen molar-refractivity contribution in [2.45, 2.75) is 50.9 Å². The predicted molar refractivity (Wildman–Crippen MR) is 127 cm³/mol.